The molecule has 2 aliphatic rings. The number of fused-ring (bicyclic) bond motifs is 6. The Morgan fingerprint density at radius 3 is 3.24 bits per heavy atom. The quantitative estimate of drug-likeness (QED) is 0.717. The maximum absolute atomic E-state index is 11.7. The van der Waals surface area contributed by atoms with Gasteiger partial charge in [0, 0.05) is 18.3 Å². The van der Waals surface area contributed by atoms with Crippen molar-refractivity contribution in [1.29, 1.82) is 0 Å². The van der Waals surface area contributed by atoms with Gasteiger partial charge in [0.05, 0.1) is 23.3 Å². The second-order valence-corrected chi connectivity index (χ2v) is 5.30. The van der Waals surface area contributed by atoms with Crippen LogP contribution in [0.5, 0.6) is 0 Å². The summed E-state index contributed by atoms with van der Waals surface area (Å²) < 4.78 is 3.10. The number of hydrogen-bond acceptors (Lipinski definition) is 4. The molecule has 2 aliphatic heterocycles. The molecule has 6 nitrogen and oxygen atoms in total. The zero-order valence-electron chi connectivity index (χ0n) is 9.12. The normalized spacial score (nSPS) is 22.7. The van der Waals surface area contributed by atoms with Gasteiger partial charge in [-0.1, -0.05) is 0 Å². The van der Waals surface area contributed by atoms with Gasteiger partial charge in [0.25, 0.3) is 0 Å². The Morgan fingerprint density at radius 1 is 1.59 bits per heavy atom. The molecule has 1 saturated heterocycles. The van der Waals surface area contributed by atoms with Crippen molar-refractivity contribution in [2.45, 2.75) is 12.6 Å². The third-order valence-corrected chi connectivity index (χ3v) is 4.50. The van der Waals surface area contributed by atoms with Gasteiger partial charge in [0.2, 0.25) is 0 Å². The van der Waals surface area contributed by atoms with E-state index >= 15 is 0 Å². The van der Waals surface area contributed by atoms with Crippen molar-refractivity contribution in [3.05, 3.63) is 16.8 Å². The zero-order valence-corrected chi connectivity index (χ0v) is 9.94. The van der Waals surface area contributed by atoms with E-state index in [1.165, 1.54) is 0 Å². The van der Waals surface area contributed by atoms with Crippen molar-refractivity contribution < 1.29 is 10.0 Å². The molecular weight excluding hydrogens is 240 g/mol. The first-order valence-corrected chi connectivity index (χ1v) is 6.24. The number of carbonyl (C=O) groups excluding carboxylic acids is 1. The summed E-state index contributed by atoms with van der Waals surface area (Å²) in [7, 11) is 1.96. The van der Waals surface area contributed by atoms with Crippen LogP contribution in [0.25, 0.3) is 10.3 Å². The highest BCUT2D eigenvalue weighted by atomic mass is 32.1. The van der Waals surface area contributed by atoms with Gasteiger partial charge in [0.15, 0.2) is 5.65 Å². The summed E-state index contributed by atoms with van der Waals surface area (Å²) >= 11 is 1.56. The minimum atomic E-state index is -0.302. The monoisotopic (exact) mass is 250 g/mol. The first kappa shape index (κ1) is 9.43. The fourth-order valence-corrected chi connectivity index (χ4v) is 3.74. The lowest BCUT2D eigenvalue weighted by Gasteiger charge is -2.22. The lowest BCUT2D eigenvalue weighted by atomic mass is 10.0. The predicted octanol–water partition coefficient (Wildman–Crippen LogP) is 1.32. The molecule has 2 amide bonds. The Morgan fingerprint density at radius 2 is 2.41 bits per heavy atom. The smallest absolute Gasteiger partial charge is 0.330 e. The fraction of sp³-hybridized carbons (Fsp3) is 0.400. The summed E-state index contributed by atoms with van der Waals surface area (Å²) in [6, 6.07) is -0.542. The van der Waals surface area contributed by atoms with Gasteiger partial charge in [-0.2, -0.15) is 5.06 Å². The fourth-order valence-electron chi connectivity index (χ4n) is 2.81. The number of urea groups is 1. The summed E-state index contributed by atoms with van der Waals surface area (Å²) in [4.78, 5) is 17.7. The van der Waals surface area contributed by atoms with Crippen molar-refractivity contribution in [3.63, 3.8) is 0 Å². The maximum atomic E-state index is 11.7. The van der Waals surface area contributed by atoms with Crippen molar-refractivity contribution in [2.24, 2.45) is 7.05 Å². The van der Waals surface area contributed by atoms with Gasteiger partial charge in [-0.25, -0.2) is 9.78 Å². The molecule has 1 atom stereocenters. The third-order valence-electron chi connectivity index (χ3n) is 3.66. The number of amides is 2. The molecule has 2 bridgehead atoms. The maximum Gasteiger partial charge on any atom is 0.344 e. The SMILES string of the molecule is Cn1c2c(c3scnc31)C1CN(C2)C(=O)N1O. The van der Waals surface area contributed by atoms with Crippen LogP contribution in [-0.2, 0) is 13.6 Å². The highest BCUT2D eigenvalue weighted by molar-refractivity contribution is 7.17. The molecule has 4 rings (SSSR count). The topological polar surface area (TPSA) is 61.6 Å². The van der Waals surface area contributed by atoms with Crippen LogP contribution in [0.3, 0.4) is 0 Å². The lowest BCUT2D eigenvalue weighted by molar-refractivity contribution is -0.0582. The van der Waals surface area contributed by atoms with Crippen LogP contribution >= 0.6 is 11.3 Å². The van der Waals surface area contributed by atoms with Crippen molar-refractivity contribution >= 4 is 27.7 Å². The highest BCUT2D eigenvalue weighted by Crippen LogP contribution is 2.42. The second kappa shape index (κ2) is 2.80. The molecule has 0 aromatic carbocycles. The minimum absolute atomic E-state index is 0.240. The summed E-state index contributed by atoms with van der Waals surface area (Å²) in [5, 5.41) is 10.7. The largest absolute Gasteiger partial charge is 0.344 e. The number of nitrogens with zero attached hydrogens (tertiary/aromatic N) is 4. The Labute approximate surface area is 101 Å². The first-order chi connectivity index (χ1) is 8.18. The molecule has 0 radical (unpaired) electrons. The molecule has 2 aromatic rings. The van der Waals surface area contributed by atoms with E-state index in [-0.39, 0.29) is 12.1 Å². The van der Waals surface area contributed by atoms with Crippen LogP contribution in [0.4, 0.5) is 4.79 Å². The molecule has 88 valence electrons. The number of thiazole rings is 1. The molecule has 1 N–H and O–H groups in total. The summed E-state index contributed by atoms with van der Waals surface area (Å²) in [6.07, 6.45) is 0. The Hall–Kier alpha value is -1.60. The average Bonchev–Trinajstić information content (AvgIpc) is 2.96. The van der Waals surface area contributed by atoms with Crippen LogP contribution in [0.2, 0.25) is 0 Å². The zero-order chi connectivity index (χ0) is 11.7. The van der Waals surface area contributed by atoms with E-state index in [4.69, 9.17) is 0 Å². The molecule has 2 aromatic heterocycles. The van der Waals surface area contributed by atoms with Gasteiger partial charge >= 0.3 is 6.03 Å². The van der Waals surface area contributed by atoms with Crippen LogP contribution in [-0.4, -0.2) is 37.3 Å². The lowest BCUT2D eigenvalue weighted by Crippen LogP contribution is -2.29. The molecule has 0 aliphatic carbocycles. The van der Waals surface area contributed by atoms with Crippen molar-refractivity contribution in [1.82, 2.24) is 19.5 Å². The van der Waals surface area contributed by atoms with Crippen molar-refractivity contribution in [3.8, 4) is 0 Å². The first-order valence-electron chi connectivity index (χ1n) is 5.36. The van der Waals surface area contributed by atoms with Gasteiger partial charge in [0.1, 0.15) is 6.04 Å². The molecule has 0 saturated carbocycles. The van der Waals surface area contributed by atoms with E-state index in [1.807, 2.05) is 11.6 Å². The minimum Gasteiger partial charge on any atom is -0.330 e. The van der Waals surface area contributed by atoms with Crippen LogP contribution in [0, 0.1) is 0 Å². The van der Waals surface area contributed by atoms with Gasteiger partial charge in [-0.05, 0) is 0 Å². The Kier molecular flexibility index (Phi) is 1.55. The Balaban J connectivity index is 2.05. The Bertz CT molecular complexity index is 646. The molecular formula is C10H10N4O2S. The number of hydroxylamine groups is 2. The van der Waals surface area contributed by atoms with E-state index in [1.54, 1.807) is 21.7 Å². The van der Waals surface area contributed by atoms with Crippen LogP contribution < -0.4 is 0 Å². The van der Waals surface area contributed by atoms with E-state index < -0.39 is 0 Å². The van der Waals surface area contributed by atoms with Crippen LogP contribution in [0.15, 0.2) is 5.51 Å². The molecule has 17 heavy (non-hydrogen) atoms. The molecule has 0 spiro atoms. The molecule has 7 heteroatoms. The number of carbonyl (C=O) groups is 1. The van der Waals surface area contributed by atoms with Gasteiger partial charge in [-0.15, -0.1) is 11.3 Å². The van der Waals surface area contributed by atoms with Crippen molar-refractivity contribution in [2.75, 3.05) is 6.54 Å². The third kappa shape index (κ3) is 0.945. The summed E-state index contributed by atoms with van der Waals surface area (Å²) in [5.41, 5.74) is 4.89. The van der Waals surface area contributed by atoms with Gasteiger partial charge < -0.3 is 9.47 Å². The number of aromatic nitrogens is 2. The number of rotatable bonds is 0. The molecule has 4 heterocycles. The van der Waals surface area contributed by atoms with E-state index in [0.29, 0.717) is 13.1 Å². The number of aryl methyl sites for hydroxylation is 1. The second-order valence-electron chi connectivity index (χ2n) is 4.45. The van der Waals surface area contributed by atoms with Crippen LogP contribution in [0.1, 0.15) is 17.3 Å². The summed E-state index contributed by atoms with van der Waals surface area (Å²) in [5.74, 6) is 0. The molecule has 1 fully saturated rings. The van der Waals surface area contributed by atoms with E-state index in [9.17, 15) is 10.0 Å². The van der Waals surface area contributed by atoms with Gasteiger partial charge in [-0.3, -0.25) is 5.21 Å². The predicted molar refractivity (Wildman–Crippen MR) is 60.8 cm³/mol. The average molecular weight is 250 g/mol. The number of hydrogen-bond donors (Lipinski definition) is 1. The standard InChI is InChI=1S/C10H10N4O2S/c1-12-5-2-13-3-6(14(16)10(13)15)7(5)8-9(12)11-4-17-8/h4,6,16H,2-3H2,1H3. The highest BCUT2D eigenvalue weighted by Gasteiger charge is 2.45. The van der Waals surface area contributed by atoms with E-state index in [0.717, 1.165) is 26.7 Å². The van der Waals surface area contributed by atoms with E-state index in [2.05, 4.69) is 4.98 Å². The molecule has 1 unspecified atom stereocenters. The summed E-state index contributed by atoms with van der Waals surface area (Å²) in [6.45, 7) is 1.13.